The van der Waals surface area contributed by atoms with Gasteiger partial charge in [0, 0.05) is 38.0 Å². The largest absolute Gasteiger partial charge is 0.380 e. The zero-order chi connectivity index (χ0) is 17.9. The van der Waals surface area contributed by atoms with Gasteiger partial charge in [0.1, 0.15) is 0 Å². The number of hydrogen-bond donors (Lipinski definition) is 2. The normalized spacial score (nSPS) is 27.5. The highest BCUT2D eigenvalue weighted by Gasteiger charge is 2.04. The smallest absolute Gasteiger partial charge is 0.0591 e. The van der Waals surface area contributed by atoms with E-state index in [9.17, 15) is 0 Å². The van der Waals surface area contributed by atoms with Gasteiger partial charge < -0.3 is 29.6 Å². The van der Waals surface area contributed by atoms with E-state index >= 15 is 0 Å². The van der Waals surface area contributed by atoms with Crippen molar-refractivity contribution in [1.29, 1.82) is 0 Å². The van der Waals surface area contributed by atoms with Crippen LogP contribution in [0, 0.1) is 11.8 Å². The second-order valence-corrected chi connectivity index (χ2v) is 6.01. The van der Waals surface area contributed by atoms with Crippen LogP contribution in [-0.4, -0.2) is 79.0 Å². The monoisotopic (exact) mass is 348 g/mol. The molecular formula is C18H40N2O4. The second-order valence-electron chi connectivity index (χ2n) is 6.01. The first-order valence-corrected chi connectivity index (χ1v) is 9.51. The van der Waals surface area contributed by atoms with Gasteiger partial charge in [0.15, 0.2) is 0 Å². The summed E-state index contributed by atoms with van der Waals surface area (Å²) in [6, 6.07) is 0. The molecule has 0 aliphatic carbocycles. The molecule has 1 rings (SSSR count). The van der Waals surface area contributed by atoms with Gasteiger partial charge in [-0.1, -0.05) is 27.7 Å². The van der Waals surface area contributed by atoms with Crippen LogP contribution >= 0.6 is 0 Å². The molecule has 0 aromatic rings. The lowest BCUT2D eigenvalue weighted by Gasteiger charge is -2.15. The molecule has 6 heteroatoms. The summed E-state index contributed by atoms with van der Waals surface area (Å²) in [5, 5.41) is 6.63. The molecule has 0 radical (unpaired) electrons. The number of hydrogen-bond acceptors (Lipinski definition) is 6. The molecule has 0 unspecified atom stereocenters. The van der Waals surface area contributed by atoms with Gasteiger partial charge in [0.2, 0.25) is 0 Å². The zero-order valence-corrected chi connectivity index (χ0v) is 16.3. The molecule has 0 spiro atoms. The molecule has 2 N–H and O–H groups in total. The molecule has 0 aromatic heterocycles. The van der Waals surface area contributed by atoms with Gasteiger partial charge in [-0.3, -0.25) is 0 Å². The molecule has 0 atom stereocenters. The van der Waals surface area contributed by atoms with E-state index in [1.165, 1.54) is 0 Å². The summed E-state index contributed by atoms with van der Waals surface area (Å²) in [7, 11) is 0. The summed E-state index contributed by atoms with van der Waals surface area (Å²) in [5.41, 5.74) is 0. The van der Waals surface area contributed by atoms with E-state index in [2.05, 4.69) is 24.5 Å². The maximum absolute atomic E-state index is 5.63. The van der Waals surface area contributed by atoms with Crippen LogP contribution in [0.5, 0.6) is 0 Å². The lowest BCUT2D eigenvalue weighted by atomic mass is 10.2. The van der Waals surface area contributed by atoms with E-state index in [1.54, 1.807) is 0 Å². The van der Waals surface area contributed by atoms with Crippen LogP contribution in [-0.2, 0) is 18.9 Å². The molecule has 146 valence electrons. The van der Waals surface area contributed by atoms with Crippen LogP contribution in [0.25, 0.3) is 0 Å². The Morgan fingerprint density at radius 1 is 0.542 bits per heavy atom. The highest BCUT2D eigenvalue weighted by molar-refractivity contribution is 4.54. The quantitative estimate of drug-likeness (QED) is 0.693. The maximum atomic E-state index is 5.63. The van der Waals surface area contributed by atoms with Crippen molar-refractivity contribution in [1.82, 2.24) is 10.6 Å². The highest BCUT2D eigenvalue weighted by Crippen LogP contribution is 1.98. The molecule has 0 saturated carbocycles. The third kappa shape index (κ3) is 16.6. The summed E-state index contributed by atoms with van der Waals surface area (Å²) in [6.45, 7) is 17.7. The van der Waals surface area contributed by atoms with E-state index in [0.717, 1.165) is 79.0 Å². The molecule has 6 nitrogen and oxygen atoms in total. The van der Waals surface area contributed by atoms with Crippen LogP contribution in [0.1, 0.15) is 27.7 Å². The van der Waals surface area contributed by atoms with E-state index in [-0.39, 0.29) is 0 Å². The molecule has 1 saturated heterocycles. The van der Waals surface area contributed by atoms with Crippen molar-refractivity contribution in [2.75, 3.05) is 79.0 Å². The molecule has 24 heavy (non-hydrogen) atoms. The molecule has 0 aromatic carbocycles. The molecule has 1 aliphatic heterocycles. The first kappa shape index (κ1) is 23.8. The van der Waals surface area contributed by atoms with Gasteiger partial charge in [-0.15, -0.1) is 0 Å². The molecule has 0 bridgehead atoms. The van der Waals surface area contributed by atoms with Gasteiger partial charge in [-0.05, 0) is 0 Å². The van der Waals surface area contributed by atoms with Crippen LogP contribution in [0.3, 0.4) is 0 Å². The summed E-state index contributed by atoms with van der Waals surface area (Å²) >= 11 is 0. The highest BCUT2D eigenvalue weighted by atomic mass is 16.5. The lowest BCUT2D eigenvalue weighted by molar-refractivity contribution is 0.0376. The first-order valence-electron chi connectivity index (χ1n) is 9.51. The topological polar surface area (TPSA) is 61.0 Å². The van der Waals surface area contributed by atoms with Crippen molar-refractivity contribution in [2.24, 2.45) is 11.8 Å². The minimum absolute atomic E-state index is 0.429. The van der Waals surface area contributed by atoms with Gasteiger partial charge >= 0.3 is 0 Å². The minimum atomic E-state index is 0.429. The maximum Gasteiger partial charge on any atom is 0.0591 e. The van der Waals surface area contributed by atoms with Crippen molar-refractivity contribution in [3.8, 4) is 0 Å². The Balaban J connectivity index is 0.00000254. The van der Waals surface area contributed by atoms with Crippen molar-refractivity contribution in [2.45, 2.75) is 27.7 Å². The van der Waals surface area contributed by atoms with Crippen LogP contribution in [0.15, 0.2) is 0 Å². The molecular weight excluding hydrogens is 308 g/mol. The summed E-state index contributed by atoms with van der Waals surface area (Å²) in [5.74, 6) is 0.859. The minimum Gasteiger partial charge on any atom is -0.380 e. The van der Waals surface area contributed by atoms with E-state index in [0.29, 0.717) is 11.8 Å². The standard InChI is InChI=1S/C16H34N2O4.C2H6/c1-15-11-19-7-3-17-5-9-21-13-16(2)14-22-10-6-18-4-8-20-12-15;1-2/h15-18H,3-14H2,1-2H3;1-2H3. The number of rotatable bonds is 0. The predicted octanol–water partition coefficient (Wildman–Crippen LogP) is 1.54. The van der Waals surface area contributed by atoms with Crippen molar-refractivity contribution < 1.29 is 18.9 Å². The van der Waals surface area contributed by atoms with Crippen LogP contribution in [0.4, 0.5) is 0 Å². The average Bonchev–Trinajstić information content (AvgIpc) is 2.59. The van der Waals surface area contributed by atoms with Gasteiger partial charge in [-0.2, -0.15) is 0 Å². The number of ether oxygens (including phenoxy) is 4. The van der Waals surface area contributed by atoms with E-state index < -0.39 is 0 Å². The van der Waals surface area contributed by atoms with Crippen LogP contribution in [0.2, 0.25) is 0 Å². The van der Waals surface area contributed by atoms with Crippen molar-refractivity contribution in [3.63, 3.8) is 0 Å². The molecule has 1 fully saturated rings. The zero-order valence-electron chi connectivity index (χ0n) is 16.3. The third-order valence-corrected chi connectivity index (χ3v) is 3.30. The van der Waals surface area contributed by atoms with E-state index in [4.69, 9.17) is 18.9 Å². The van der Waals surface area contributed by atoms with Crippen molar-refractivity contribution >= 4 is 0 Å². The third-order valence-electron chi connectivity index (χ3n) is 3.30. The van der Waals surface area contributed by atoms with Gasteiger partial charge in [-0.25, -0.2) is 0 Å². The molecule has 1 heterocycles. The Kier molecular flexibility index (Phi) is 18.9. The summed E-state index contributed by atoms with van der Waals surface area (Å²) in [4.78, 5) is 0. The van der Waals surface area contributed by atoms with Gasteiger partial charge in [0.25, 0.3) is 0 Å². The van der Waals surface area contributed by atoms with Crippen molar-refractivity contribution in [3.05, 3.63) is 0 Å². The Morgan fingerprint density at radius 3 is 1.04 bits per heavy atom. The summed E-state index contributed by atoms with van der Waals surface area (Å²) in [6.07, 6.45) is 0. The lowest BCUT2D eigenvalue weighted by Crippen LogP contribution is -2.28. The Bertz CT molecular complexity index is 201. The average molecular weight is 349 g/mol. The fraction of sp³-hybridized carbons (Fsp3) is 1.00. The molecule has 0 amide bonds. The fourth-order valence-corrected chi connectivity index (χ4v) is 2.06. The Morgan fingerprint density at radius 2 is 0.792 bits per heavy atom. The van der Waals surface area contributed by atoms with Crippen LogP contribution < -0.4 is 10.6 Å². The van der Waals surface area contributed by atoms with Gasteiger partial charge in [0.05, 0.1) is 52.9 Å². The predicted molar refractivity (Wildman–Crippen MR) is 98.7 cm³/mol. The Hall–Kier alpha value is -0.240. The summed E-state index contributed by atoms with van der Waals surface area (Å²) < 4.78 is 22.5. The second kappa shape index (κ2) is 19.1. The SMILES string of the molecule is CC.CC1COCCNCCOCC(C)COCCNCCOC1. The first-order chi connectivity index (χ1) is 11.8. The number of nitrogens with one attached hydrogen (secondary N) is 2. The molecule has 1 aliphatic rings. The van der Waals surface area contributed by atoms with E-state index in [1.807, 2.05) is 13.8 Å². The fourth-order valence-electron chi connectivity index (χ4n) is 2.06. The Labute approximate surface area is 148 Å².